The van der Waals surface area contributed by atoms with E-state index in [-0.39, 0.29) is 23.1 Å². The summed E-state index contributed by atoms with van der Waals surface area (Å²) in [6.45, 7) is 15.3. The summed E-state index contributed by atoms with van der Waals surface area (Å²) in [6.07, 6.45) is 8.16. The highest BCUT2D eigenvalue weighted by atomic mass is 16.2. The molecule has 4 nitrogen and oxygen atoms in total. The lowest BCUT2D eigenvalue weighted by Crippen LogP contribution is -2.57. The van der Waals surface area contributed by atoms with Gasteiger partial charge < -0.3 is 0 Å². The lowest BCUT2D eigenvalue weighted by molar-refractivity contribution is -0.134. The third kappa shape index (κ3) is 4.24. The van der Waals surface area contributed by atoms with Crippen LogP contribution in [0.4, 0.5) is 0 Å². The molecule has 0 spiro atoms. The maximum absolute atomic E-state index is 14.6. The average Bonchev–Trinajstić information content (AvgIpc) is 3.40. The van der Waals surface area contributed by atoms with E-state index in [1.54, 1.807) is 6.92 Å². The number of rotatable bonds is 5. The largest absolute Gasteiger partial charge is 0.295 e. The highest BCUT2D eigenvalue weighted by Crippen LogP contribution is 2.66. The van der Waals surface area contributed by atoms with E-state index in [1.807, 2.05) is 52.0 Å². The van der Waals surface area contributed by atoms with Crippen molar-refractivity contribution in [3.63, 3.8) is 0 Å². The molecule has 226 valence electrons. The standard InChI is InChI=1S/C40H42O4/c1-22-12-14-31(17-27-13-15-30(16-27)29-11-9-10-28(18-29)25(4)41)32-20-38(6)21-39(7)19-23(2)33(26(5)42)37(44)40(39,8)24(3)35(38)36(43)34(22)32/h9-12,14-16,18H,13,17,19-21H2,1-8H3. The molecule has 0 fully saturated rings. The van der Waals surface area contributed by atoms with Crippen molar-refractivity contribution in [3.05, 3.63) is 110 Å². The van der Waals surface area contributed by atoms with E-state index in [2.05, 4.69) is 38.1 Å². The smallest absolute Gasteiger partial charge is 0.190 e. The summed E-state index contributed by atoms with van der Waals surface area (Å²) in [6, 6.07) is 12.0. The summed E-state index contributed by atoms with van der Waals surface area (Å²) >= 11 is 0. The first-order valence-electron chi connectivity index (χ1n) is 15.8. The Labute approximate surface area is 261 Å². The fourth-order valence-corrected chi connectivity index (χ4v) is 9.21. The Balaban J connectivity index is 1.41. The Bertz CT molecular complexity index is 1840. The first kappa shape index (κ1) is 30.1. The molecule has 2 aromatic rings. The molecule has 0 bridgehead atoms. The van der Waals surface area contributed by atoms with Gasteiger partial charge in [0, 0.05) is 22.1 Å². The number of Topliss-reactive ketones (excluding diaryl/α,β-unsaturated/α-hetero) is 4. The van der Waals surface area contributed by atoms with Crippen LogP contribution in [-0.2, 0) is 22.4 Å². The van der Waals surface area contributed by atoms with Gasteiger partial charge in [-0.25, -0.2) is 0 Å². The second-order valence-corrected chi connectivity index (χ2v) is 14.5. The van der Waals surface area contributed by atoms with Crippen molar-refractivity contribution >= 4 is 28.7 Å². The van der Waals surface area contributed by atoms with Crippen LogP contribution >= 0.6 is 0 Å². The van der Waals surface area contributed by atoms with Crippen molar-refractivity contribution in [2.24, 2.45) is 16.2 Å². The van der Waals surface area contributed by atoms with E-state index in [9.17, 15) is 19.2 Å². The van der Waals surface area contributed by atoms with Gasteiger partial charge in [0.15, 0.2) is 23.1 Å². The maximum Gasteiger partial charge on any atom is 0.190 e. The Morgan fingerprint density at radius 2 is 1.64 bits per heavy atom. The molecule has 3 atom stereocenters. The molecule has 44 heavy (non-hydrogen) atoms. The molecule has 6 rings (SSSR count). The van der Waals surface area contributed by atoms with Gasteiger partial charge in [0.1, 0.15) is 0 Å². The summed E-state index contributed by atoms with van der Waals surface area (Å²) in [5, 5.41) is 0. The fraction of sp³-hybridized carbons (Fsp3) is 0.400. The zero-order chi connectivity index (χ0) is 31.9. The average molecular weight is 587 g/mol. The molecule has 0 heterocycles. The monoisotopic (exact) mass is 586 g/mol. The molecule has 0 N–H and O–H groups in total. The normalized spacial score (nSPS) is 27.9. The Hall–Kier alpha value is -3.92. The van der Waals surface area contributed by atoms with Gasteiger partial charge in [0.25, 0.3) is 0 Å². The van der Waals surface area contributed by atoms with E-state index >= 15 is 0 Å². The van der Waals surface area contributed by atoms with Crippen molar-refractivity contribution in [2.75, 3.05) is 0 Å². The van der Waals surface area contributed by atoms with Crippen LogP contribution in [0.25, 0.3) is 5.57 Å². The highest BCUT2D eigenvalue weighted by Gasteiger charge is 2.63. The van der Waals surface area contributed by atoms with Crippen LogP contribution in [0.2, 0.25) is 0 Å². The number of hydrogen-bond donors (Lipinski definition) is 0. The van der Waals surface area contributed by atoms with E-state index < -0.39 is 16.2 Å². The van der Waals surface area contributed by atoms with Gasteiger partial charge in [-0.2, -0.15) is 0 Å². The van der Waals surface area contributed by atoms with Crippen molar-refractivity contribution in [1.29, 1.82) is 0 Å². The third-order valence-corrected chi connectivity index (χ3v) is 11.4. The number of ketones is 4. The minimum Gasteiger partial charge on any atom is -0.295 e. The lowest BCUT2D eigenvalue weighted by atomic mass is 9.42. The van der Waals surface area contributed by atoms with E-state index in [0.29, 0.717) is 24.0 Å². The van der Waals surface area contributed by atoms with Gasteiger partial charge in [-0.05, 0) is 113 Å². The van der Waals surface area contributed by atoms with Gasteiger partial charge in [-0.1, -0.05) is 73.1 Å². The van der Waals surface area contributed by atoms with Crippen molar-refractivity contribution in [1.82, 2.24) is 0 Å². The molecule has 3 unspecified atom stereocenters. The Morgan fingerprint density at radius 1 is 0.909 bits per heavy atom. The Kier molecular flexibility index (Phi) is 6.88. The van der Waals surface area contributed by atoms with Crippen LogP contribution in [0.1, 0.15) is 111 Å². The molecule has 4 aliphatic carbocycles. The van der Waals surface area contributed by atoms with Gasteiger partial charge in [-0.15, -0.1) is 0 Å². The highest BCUT2D eigenvalue weighted by molar-refractivity contribution is 6.24. The predicted octanol–water partition coefficient (Wildman–Crippen LogP) is 8.51. The van der Waals surface area contributed by atoms with E-state index in [4.69, 9.17) is 0 Å². The molecule has 2 aromatic carbocycles. The van der Waals surface area contributed by atoms with Crippen LogP contribution in [0, 0.1) is 23.2 Å². The second kappa shape index (κ2) is 10.1. The summed E-state index contributed by atoms with van der Waals surface area (Å²) in [7, 11) is 0. The quantitative estimate of drug-likeness (QED) is 0.260. The van der Waals surface area contributed by atoms with Crippen LogP contribution in [0.3, 0.4) is 0 Å². The maximum atomic E-state index is 14.6. The van der Waals surface area contributed by atoms with Crippen LogP contribution < -0.4 is 0 Å². The number of allylic oxidation sites excluding steroid dienone is 8. The topological polar surface area (TPSA) is 68.3 Å². The molecule has 0 amide bonds. The van der Waals surface area contributed by atoms with Crippen LogP contribution in [-0.4, -0.2) is 23.1 Å². The number of hydrogen-bond acceptors (Lipinski definition) is 4. The molecular weight excluding hydrogens is 544 g/mol. The van der Waals surface area contributed by atoms with Gasteiger partial charge >= 0.3 is 0 Å². The van der Waals surface area contributed by atoms with Gasteiger partial charge in [0.2, 0.25) is 0 Å². The second-order valence-electron chi connectivity index (χ2n) is 14.5. The van der Waals surface area contributed by atoms with Crippen molar-refractivity contribution < 1.29 is 19.2 Å². The molecular formula is C40H42O4. The van der Waals surface area contributed by atoms with Crippen LogP contribution in [0.5, 0.6) is 0 Å². The zero-order valence-electron chi connectivity index (χ0n) is 27.3. The first-order chi connectivity index (χ1) is 20.6. The van der Waals surface area contributed by atoms with E-state index in [0.717, 1.165) is 63.8 Å². The van der Waals surface area contributed by atoms with Crippen molar-refractivity contribution in [2.45, 2.75) is 87.5 Å². The third-order valence-electron chi connectivity index (χ3n) is 11.4. The van der Waals surface area contributed by atoms with Crippen LogP contribution in [0.15, 0.2) is 76.4 Å². The van der Waals surface area contributed by atoms with E-state index in [1.165, 1.54) is 18.1 Å². The van der Waals surface area contributed by atoms with Gasteiger partial charge in [0.05, 0.1) is 11.0 Å². The minimum atomic E-state index is -0.905. The minimum absolute atomic E-state index is 0.0394. The summed E-state index contributed by atoms with van der Waals surface area (Å²) < 4.78 is 0. The SMILES string of the molecule is CC(=O)C1=C(C)CC2(C)CC3(C)Cc4c(CC5=CC(c6cccc(C(C)=O)c6)=CC5)ccc(C)c4C(=O)C3=C(C)C2(C)C1=O. The molecule has 4 aliphatic rings. The number of carbonyl (C=O) groups is 4. The lowest BCUT2D eigenvalue weighted by Gasteiger charge is -2.59. The predicted molar refractivity (Wildman–Crippen MR) is 175 cm³/mol. The summed E-state index contributed by atoms with van der Waals surface area (Å²) in [4.78, 5) is 53.3. The zero-order valence-corrected chi connectivity index (χ0v) is 27.3. The Morgan fingerprint density at radius 3 is 2.32 bits per heavy atom. The summed E-state index contributed by atoms with van der Waals surface area (Å²) in [5.41, 5.74) is 9.30. The number of carbonyl (C=O) groups excluding carboxylic acids is 4. The number of aryl methyl sites for hydroxylation is 1. The van der Waals surface area contributed by atoms with Gasteiger partial charge in [-0.3, -0.25) is 19.2 Å². The number of fused-ring (bicyclic) bond motifs is 3. The molecule has 0 aromatic heterocycles. The molecule has 4 heteroatoms. The van der Waals surface area contributed by atoms with Crippen molar-refractivity contribution in [3.8, 4) is 0 Å². The summed E-state index contributed by atoms with van der Waals surface area (Å²) in [5.74, 6) is -0.217. The fourth-order valence-electron chi connectivity index (χ4n) is 9.21. The molecule has 0 radical (unpaired) electrons. The first-order valence-corrected chi connectivity index (χ1v) is 15.8. The molecule has 0 saturated carbocycles. The number of benzene rings is 2. The molecule has 0 aliphatic heterocycles. The molecule has 0 saturated heterocycles.